The van der Waals surface area contributed by atoms with Crippen molar-refractivity contribution in [3.8, 4) is 0 Å². The van der Waals surface area contributed by atoms with Crippen LogP contribution in [0.2, 0.25) is 0 Å². The molecule has 3 heteroatoms. The van der Waals surface area contributed by atoms with E-state index in [2.05, 4.69) is 41.8 Å². The molecule has 1 amide bonds. The highest BCUT2D eigenvalue weighted by atomic mass is 16.2. The zero-order valence-corrected chi connectivity index (χ0v) is 11.0. The fourth-order valence-corrected chi connectivity index (χ4v) is 2.27. The first-order chi connectivity index (χ1) is 8.75. The Morgan fingerprint density at radius 3 is 2.83 bits per heavy atom. The number of carbonyl (C=O) groups excluding carboxylic acids is 1. The molecule has 0 bridgehead atoms. The lowest BCUT2D eigenvalue weighted by Gasteiger charge is -2.15. The maximum atomic E-state index is 12.0. The van der Waals surface area contributed by atoms with Gasteiger partial charge in [-0.3, -0.25) is 4.79 Å². The van der Waals surface area contributed by atoms with E-state index >= 15 is 0 Å². The van der Waals surface area contributed by atoms with E-state index in [1.807, 2.05) is 0 Å². The lowest BCUT2D eigenvalue weighted by Crippen LogP contribution is -2.43. The van der Waals surface area contributed by atoms with Gasteiger partial charge in [-0.2, -0.15) is 0 Å². The monoisotopic (exact) mass is 246 g/mol. The minimum Gasteiger partial charge on any atom is -0.351 e. The standard InChI is InChI=1S/C15H22N2O/c1-12-6-8-13(9-7-12)11-17-15(18)14-5-3-2-4-10-16-14/h6-9,14,16H,2-5,10-11H2,1H3,(H,17,18). The van der Waals surface area contributed by atoms with Gasteiger partial charge >= 0.3 is 0 Å². The molecule has 1 aromatic carbocycles. The molecular formula is C15H22N2O. The Kier molecular flexibility index (Phi) is 4.76. The van der Waals surface area contributed by atoms with Crippen LogP contribution in [-0.4, -0.2) is 18.5 Å². The number of amides is 1. The van der Waals surface area contributed by atoms with Crippen molar-refractivity contribution in [3.63, 3.8) is 0 Å². The summed E-state index contributed by atoms with van der Waals surface area (Å²) in [5.74, 6) is 0.137. The lowest BCUT2D eigenvalue weighted by atomic mass is 10.1. The van der Waals surface area contributed by atoms with Crippen molar-refractivity contribution in [1.29, 1.82) is 0 Å². The fraction of sp³-hybridized carbons (Fsp3) is 0.533. The number of benzene rings is 1. The van der Waals surface area contributed by atoms with Crippen LogP contribution in [0.1, 0.15) is 36.8 Å². The van der Waals surface area contributed by atoms with Gasteiger partial charge in [0, 0.05) is 6.54 Å². The number of hydrogen-bond acceptors (Lipinski definition) is 2. The van der Waals surface area contributed by atoms with E-state index < -0.39 is 0 Å². The van der Waals surface area contributed by atoms with Gasteiger partial charge in [-0.15, -0.1) is 0 Å². The minimum absolute atomic E-state index is 0.00190. The Balaban J connectivity index is 1.81. The lowest BCUT2D eigenvalue weighted by molar-refractivity contribution is -0.123. The first-order valence-electron chi connectivity index (χ1n) is 6.82. The number of rotatable bonds is 3. The van der Waals surface area contributed by atoms with Crippen LogP contribution in [0.25, 0.3) is 0 Å². The molecule has 0 aliphatic carbocycles. The van der Waals surface area contributed by atoms with E-state index in [1.54, 1.807) is 0 Å². The molecule has 1 saturated heterocycles. The average Bonchev–Trinajstić information content (AvgIpc) is 2.66. The maximum absolute atomic E-state index is 12.0. The molecule has 1 aliphatic heterocycles. The summed E-state index contributed by atoms with van der Waals surface area (Å²) in [4.78, 5) is 12.0. The van der Waals surface area contributed by atoms with Gasteiger partial charge in [-0.05, 0) is 31.9 Å². The van der Waals surface area contributed by atoms with Gasteiger partial charge in [0.15, 0.2) is 0 Å². The molecule has 1 atom stereocenters. The van der Waals surface area contributed by atoms with E-state index in [4.69, 9.17) is 0 Å². The summed E-state index contributed by atoms with van der Waals surface area (Å²) in [6, 6.07) is 8.28. The third-order valence-corrected chi connectivity index (χ3v) is 3.46. The molecular weight excluding hydrogens is 224 g/mol. The molecule has 3 nitrogen and oxygen atoms in total. The molecule has 98 valence electrons. The number of carbonyl (C=O) groups is 1. The second-order valence-corrected chi connectivity index (χ2v) is 5.06. The van der Waals surface area contributed by atoms with E-state index in [1.165, 1.54) is 18.4 Å². The largest absolute Gasteiger partial charge is 0.351 e. The van der Waals surface area contributed by atoms with Crippen molar-refractivity contribution < 1.29 is 4.79 Å². The highest BCUT2D eigenvalue weighted by Crippen LogP contribution is 2.09. The smallest absolute Gasteiger partial charge is 0.237 e. The molecule has 1 aliphatic rings. The summed E-state index contributed by atoms with van der Waals surface area (Å²) >= 11 is 0. The van der Waals surface area contributed by atoms with Crippen molar-refractivity contribution >= 4 is 5.91 Å². The predicted octanol–water partition coefficient (Wildman–Crippen LogP) is 2.14. The first-order valence-corrected chi connectivity index (χ1v) is 6.82. The second-order valence-electron chi connectivity index (χ2n) is 5.06. The van der Waals surface area contributed by atoms with E-state index in [9.17, 15) is 4.79 Å². The Morgan fingerprint density at radius 1 is 1.28 bits per heavy atom. The predicted molar refractivity (Wildman–Crippen MR) is 73.3 cm³/mol. The van der Waals surface area contributed by atoms with Gasteiger partial charge in [0.1, 0.15) is 0 Å². The molecule has 1 fully saturated rings. The normalized spacial score (nSPS) is 20.2. The topological polar surface area (TPSA) is 41.1 Å². The van der Waals surface area contributed by atoms with Crippen LogP contribution in [0.4, 0.5) is 0 Å². The molecule has 1 heterocycles. The summed E-state index contributed by atoms with van der Waals surface area (Å²) in [7, 11) is 0. The first kappa shape index (κ1) is 13.1. The fourth-order valence-electron chi connectivity index (χ4n) is 2.27. The Hall–Kier alpha value is -1.35. The Bertz CT molecular complexity index is 378. The summed E-state index contributed by atoms with van der Waals surface area (Å²) in [5.41, 5.74) is 2.40. The summed E-state index contributed by atoms with van der Waals surface area (Å²) in [5, 5.41) is 6.33. The molecule has 1 unspecified atom stereocenters. The van der Waals surface area contributed by atoms with Gasteiger partial charge < -0.3 is 10.6 Å². The number of hydrogen-bond donors (Lipinski definition) is 2. The van der Waals surface area contributed by atoms with Gasteiger partial charge in [0.05, 0.1) is 6.04 Å². The summed E-state index contributed by atoms with van der Waals surface area (Å²) < 4.78 is 0. The third-order valence-electron chi connectivity index (χ3n) is 3.46. The van der Waals surface area contributed by atoms with Gasteiger partial charge in [-0.1, -0.05) is 42.7 Å². The number of aryl methyl sites for hydroxylation is 1. The third kappa shape index (κ3) is 3.84. The van der Waals surface area contributed by atoms with Crippen molar-refractivity contribution in [2.75, 3.05) is 6.54 Å². The molecule has 2 rings (SSSR count). The van der Waals surface area contributed by atoms with E-state index in [0.717, 1.165) is 24.9 Å². The van der Waals surface area contributed by atoms with Gasteiger partial charge in [0.2, 0.25) is 5.91 Å². The van der Waals surface area contributed by atoms with Crippen molar-refractivity contribution in [2.45, 2.75) is 45.2 Å². The van der Waals surface area contributed by atoms with Crippen LogP contribution >= 0.6 is 0 Å². The zero-order valence-electron chi connectivity index (χ0n) is 11.0. The molecule has 18 heavy (non-hydrogen) atoms. The van der Waals surface area contributed by atoms with Crippen LogP contribution < -0.4 is 10.6 Å². The highest BCUT2D eigenvalue weighted by Gasteiger charge is 2.18. The van der Waals surface area contributed by atoms with Crippen molar-refractivity contribution in [3.05, 3.63) is 35.4 Å². The van der Waals surface area contributed by atoms with Crippen LogP contribution in [0, 0.1) is 6.92 Å². The van der Waals surface area contributed by atoms with Gasteiger partial charge in [-0.25, -0.2) is 0 Å². The highest BCUT2D eigenvalue weighted by molar-refractivity contribution is 5.81. The van der Waals surface area contributed by atoms with Crippen LogP contribution in [0.15, 0.2) is 24.3 Å². The minimum atomic E-state index is -0.00190. The van der Waals surface area contributed by atoms with Crippen LogP contribution in [0.3, 0.4) is 0 Å². The SMILES string of the molecule is Cc1ccc(CNC(=O)C2CCCCCN2)cc1. The summed E-state index contributed by atoms with van der Waals surface area (Å²) in [6.07, 6.45) is 4.52. The number of nitrogens with one attached hydrogen (secondary N) is 2. The zero-order chi connectivity index (χ0) is 12.8. The average molecular weight is 246 g/mol. The molecule has 0 saturated carbocycles. The van der Waals surface area contributed by atoms with Gasteiger partial charge in [0.25, 0.3) is 0 Å². The van der Waals surface area contributed by atoms with Crippen molar-refractivity contribution in [1.82, 2.24) is 10.6 Å². The van der Waals surface area contributed by atoms with Crippen LogP contribution in [0.5, 0.6) is 0 Å². The quantitative estimate of drug-likeness (QED) is 0.858. The Morgan fingerprint density at radius 2 is 2.06 bits per heavy atom. The molecule has 2 N–H and O–H groups in total. The van der Waals surface area contributed by atoms with E-state index in [0.29, 0.717) is 6.54 Å². The van der Waals surface area contributed by atoms with Crippen LogP contribution in [-0.2, 0) is 11.3 Å². The molecule has 0 radical (unpaired) electrons. The molecule has 0 spiro atoms. The Labute approximate surface area is 109 Å². The maximum Gasteiger partial charge on any atom is 0.237 e. The second kappa shape index (κ2) is 6.55. The molecule has 1 aromatic rings. The molecule has 0 aromatic heterocycles. The summed E-state index contributed by atoms with van der Waals surface area (Å²) in [6.45, 7) is 3.65. The van der Waals surface area contributed by atoms with E-state index in [-0.39, 0.29) is 11.9 Å². The van der Waals surface area contributed by atoms with Crippen molar-refractivity contribution in [2.24, 2.45) is 0 Å².